The predicted octanol–water partition coefficient (Wildman–Crippen LogP) is 2.95. The van der Waals surface area contributed by atoms with Crippen molar-refractivity contribution in [3.63, 3.8) is 0 Å². The first kappa shape index (κ1) is 34.2. The van der Waals surface area contributed by atoms with Gasteiger partial charge in [0.05, 0.1) is 23.8 Å². The number of aromatic nitrogens is 1. The number of carboxylic acids is 1. The second-order valence-corrected chi connectivity index (χ2v) is 12.2. The second kappa shape index (κ2) is 14.8. The molecule has 0 bridgehead atoms. The summed E-state index contributed by atoms with van der Waals surface area (Å²) in [4.78, 5) is 56.4. The van der Waals surface area contributed by atoms with Crippen LogP contribution in [0.3, 0.4) is 0 Å². The van der Waals surface area contributed by atoms with E-state index in [4.69, 9.17) is 30.9 Å². The standard InChI is InChI=1S/C19H32N4O5S.C7H7NO3S/c1-7-8-9-10-27-19(5,26-6)12(2)18(3,4)16(25)28-23-14(15(20)24)13-11-29-17(21)22-13;9-5-3-6-8(5)4(7(10)11)1-2-12-6/h11-12H,7-10H2,1-6H3,(H2,20,24)(H2,21,22);1,6H,2-3H2,(H,10,11)/b23-14-;. The molecule has 1 aromatic rings. The molecule has 1 aromatic heterocycles. The molecular formula is C26H39N5O8S2. The predicted molar refractivity (Wildman–Crippen MR) is 156 cm³/mol. The Balaban J connectivity index is 0.000000401. The van der Waals surface area contributed by atoms with Crippen LogP contribution in [0.15, 0.2) is 22.3 Å². The van der Waals surface area contributed by atoms with Gasteiger partial charge >= 0.3 is 11.9 Å². The summed E-state index contributed by atoms with van der Waals surface area (Å²) in [5.41, 5.74) is 9.88. The third-order valence-corrected chi connectivity index (χ3v) is 8.90. The fourth-order valence-electron chi connectivity index (χ4n) is 3.98. The monoisotopic (exact) mass is 613 g/mol. The number of hydrogen-bond donors (Lipinski definition) is 3. The number of ether oxygens (including phenoxy) is 2. The van der Waals surface area contributed by atoms with Crippen molar-refractivity contribution in [2.45, 2.75) is 71.5 Å². The van der Waals surface area contributed by atoms with Gasteiger partial charge in [-0.3, -0.25) is 14.5 Å². The number of unbranched alkanes of at least 4 members (excludes halogenated alkanes) is 2. The summed E-state index contributed by atoms with van der Waals surface area (Å²) in [6.45, 7) is 9.65. The zero-order chi connectivity index (χ0) is 31.0. The van der Waals surface area contributed by atoms with Crippen molar-refractivity contribution < 1.29 is 38.6 Å². The third-order valence-electron chi connectivity index (χ3n) is 7.10. The number of primary amides is 1. The quantitative estimate of drug-likeness (QED) is 0.0738. The molecule has 3 atom stereocenters. The minimum absolute atomic E-state index is 0.0774. The summed E-state index contributed by atoms with van der Waals surface area (Å²) in [7, 11) is 1.54. The number of hydrogen-bond acceptors (Lipinski definition) is 12. The lowest BCUT2D eigenvalue weighted by molar-refractivity contribution is -0.258. The van der Waals surface area contributed by atoms with Crippen LogP contribution in [0.2, 0.25) is 0 Å². The molecule has 15 heteroatoms. The summed E-state index contributed by atoms with van der Waals surface area (Å²) in [6, 6.07) is 0. The SMILES string of the molecule is CCCCCOC(C)(OC)C(C)C(C)(C)C(=O)O/N=C(\C(N)=O)c1csc(N)n1.O=C(O)C1=CCSC2CC(=O)N12. The average molecular weight is 614 g/mol. The lowest BCUT2D eigenvalue weighted by Crippen LogP contribution is -2.52. The number of rotatable bonds is 13. The number of nitrogens with zero attached hydrogens (tertiary/aromatic N) is 3. The van der Waals surface area contributed by atoms with Crippen molar-refractivity contribution in [2.24, 2.45) is 22.2 Å². The largest absolute Gasteiger partial charge is 0.477 e. The molecule has 0 aromatic carbocycles. The minimum Gasteiger partial charge on any atom is -0.477 e. The van der Waals surface area contributed by atoms with E-state index in [1.165, 1.54) is 17.4 Å². The Kier molecular flexibility index (Phi) is 12.3. The first-order chi connectivity index (χ1) is 19.2. The lowest BCUT2D eigenvalue weighted by Gasteiger charge is -2.42. The summed E-state index contributed by atoms with van der Waals surface area (Å²) in [6.07, 6.45) is 5.09. The molecule has 1 fully saturated rings. The van der Waals surface area contributed by atoms with E-state index in [9.17, 15) is 19.2 Å². The number of methoxy groups -OCH3 is 1. The normalized spacial score (nSPS) is 19.0. The van der Waals surface area contributed by atoms with Crippen LogP contribution in [-0.2, 0) is 33.5 Å². The van der Waals surface area contributed by atoms with Crippen LogP contribution in [-0.4, -0.2) is 75.1 Å². The number of thioether (sulfide) groups is 1. The van der Waals surface area contributed by atoms with E-state index < -0.39 is 35.0 Å². The van der Waals surface area contributed by atoms with E-state index >= 15 is 0 Å². The molecule has 2 aliphatic heterocycles. The molecule has 0 aliphatic carbocycles. The maximum atomic E-state index is 12.8. The van der Waals surface area contributed by atoms with Gasteiger partial charge in [0.2, 0.25) is 5.91 Å². The number of amides is 2. The van der Waals surface area contributed by atoms with E-state index in [2.05, 4.69) is 17.1 Å². The van der Waals surface area contributed by atoms with Crippen LogP contribution in [0.4, 0.5) is 5.13 Å². The topological polar surface area (TPSA) is 197 Å². The van der Waals surface area contributed by atoms with Gasteiger partial charge in [0, 0.05) is 24.2 Å². The van der Waals surface area contributed by atoms with Crippen LogP contribution < -0.4 is 11.5 Å². The maximum Gasteiger partial charge on any atom is 0.352 e. The van der Waals surface area contributed by atoms with Gasteiger partial charge in [0.15, 0.2) is 16.6 Å². The second-order valence-electron chi connectivity index (χ2n) is 10.1. The highest BCUT2D eigenvalue weighted by Gasteiger charge is 2.47. The van der Waals surface area contributed by atoms with Crippen LogP contribution in [0.25, 0.3) is 0 Å². The molecule has 0 saturated carbocycles. The zero-order valence-corrected chi connectivity index (χ0v) is 25.8. The number of aliphatic carboxylic acids is 1. The van der Waals surface area contributed by atoms with E-state index in [-0.39, 0.29) is 33.5 Å². The van der Waals surface area contributed by atoms with Crippen molar-refractivity contribution in [1.82, 2.24) is 9.88 Å². The van der Waals surface area contributed by atoms with Gasteiger partial charge in [-0.05, 0) is 33.3 Å². The van der Waals surface area contributed by atoms with E-state index in [0.29, 0.717) is 18.8 Å². The Morgan fingerprint density at radius 3 is 2.46 bits per heavy atom. The van der Waals surface area contributed by atoms with E-state index in [1.807, 2.05) is 6.92 Å². The number of anilines is 1. The number of thiazole rings is 1. The van der Waals surface area contributed by atoms with Crippen LogP contribution in [0, 0.1) is 11.3 Å². The molecule has 3 unspecified atom stereocenters. The van der Waals surface area contributed by atoms with Crippen LogP contribution >= 0.6 is 23.1 Å². The Hall–Kier alpha value is -3.01. The zero-order valence-electron chi connectivity index (χ0n) is 24.2. The third kappa shape index (κ3) is 8.50. The van der Waals surface area contributed by atoms with Gasteiger partial charge in [-0.2, -0.15) is 0 Å². The molecule has 3 rings (SSSR count). The number of carbonyl (C=O) groups excluding carboxylic acids is 3. The summed E-state index contributed by atoms with van der Waals surface area (Å²) < 4.78 is 11.5. The van der Waals surface area contributed by atoms with E-state index in [0.717, 1.165) is 30.6 Å². The summed E-state index contributed by atoms with van der Waals surface area (Å²) in [5, 5.41) is 14.2. The number of β-lactam (4-membered cyclic amide) rings is 1. The smallest absolute Gasteiger partial charge is 0.352 e. The van der Waals surface area contributed by atoms with Gasteiger partial charge in [0.1, 0.15) is 11.4 Å². The van der Waals surface area contributed by atoms with Crippen LogP contribution in [0.1, 0.15) is 66.0 Å². The molecule has 13 nitrogen and oxygen atoms in total. The molecule has 3 heterocycles. The summed E-state index contributed by atoms with van der Waals surface area (Å²) >= 11 is 2.72. The van der Waals surface area contributed by atoms with Crippen molar-refractivity contribution in [1.29, 1.82) is 0 Å². The first-order valence-electron chi connectivity index (χ1n) is 13.1. The number of fused-ring (bicyclic) bond motifs is 1. The molecule has 228 valence electrons. The lowest BCUT2D eigenvalue weighted by atomic mass is 9.75. The van der Waals surface area contributed by atoms with E-state index in [1.54, 1.807) is 38.6 Å². The number of oxime groups is 1. The number of carboxylic acid groups (broad SMARTS) is 1. The number of nitrogen functional groups attached to an aromatic ring is 1. The number of nitrogens with two attached hydrogens (primary N) is 2. The highest BCUT2D eigenvalue weighted by atomic mass is 32.2. The Morgan fingerprint density at radius 2 is 1.98 bits per heavy atom. The summed E-state index contributed by atoms with van der Waals surface area (Å²) in [5.74, 6) is -3.33. The number of carbonyl (C=O) groups is 4. The Labute approximate surface area is 247 Å². The Morgan fingerprint density at radius 1 is 1.29 bits per heavy atom. The fraction of sp³-hybridized carbons (Fsp3) is 0.615. The molecule has 0 spiro atoms. The van der Waals surface area contributed by atoms with Crippen molar-refractivity contribution in [3.8, 4) is 0 Å². The Bertz CT molecular complexity index is 1180. The van der Waals surface area contributed by atoms with Gasteiger partial charge in [-0.15, -0.1) is 23.1 Å². The minimum atomic E-state index is -1.04. The van der Waals surface area contributed by atoms with Crippen molar-refractivity contribution >= 4 is 57.7 Å². The highest BCUT2D eigenvalue weighted by molar-refractivity contribution is 8.00. The van der Waals surface area contributed by atoms with Gasteiger partial charge in [-0.1, -0.05) is 31.8 Å². The molecule has 0 radical (unpaired) electrons. The highest BCUT2D eigenvalue weighted by Crippen LogP contribution is 2.39. The molecule has 1 saturated heterocycles. The molecule has 2 aliphatic rings. The fourth-order valence-corrected chi connectivity index (χ4v) is 5.64. The van der Waals surface area contributed by atoms with Gasteiger partial charge in [0.25, 0.3) is 5.91 Å². The van der Waals surface area contributed by atoms with Gasteiger partial charge < -0.3 is 30.9 Å². The molecule has 41 heavy (non-hydrogen) atoms. The van der Waals surface area contributed by atoms with Gasteiger partial charge in [-0.25, -0.2) is 14.6 Å². The van der Waals surface area contributed by atoms with Crippen LogP contribution in [0.5, 0.6) is 0 Å². The van der Waals surface area contributed by atoms with Crippen molar-refractivity contribution in [3.05, 3.63) is 22.8 Å². The maximum absolute atomic E-state index is 12.8. The average Bonchev–Trinajstić information content (AvgIpc) is 3.35. The molecular weight excluding hydrogens is 574 g/mol. The van der Waals surface area contributed by atoms with Crippen molar-refractivity contribution in [2.75, 3.05) is 25.2 Å². The molecule has 5 N–H and O–H groups in total. The first-order valence-corrected chi connectivity index (χ1v) is 15.0. The molecule has 2 amide bonds.